The van der Waals surface area contributed by atoms with E-state index in [1.807, 2.05) is 0 Å². The standard InChI is InChI=1S/C18H18O6/c1-22-16-9-12(10-17(23-2)18(16)24-3)13(19)6-4-11-5-7-14(20)15(21)8-11/h4-10,20-21H,1-3H3. The minimum Gasteiger partial charge on any atom is -0.504 e. The van der Waals surface area contributed by atoms with E-state index in [-0.39, 0.29) is 17.3 Å². The number of aromatic hydroxyl groups is 2. The van der Waals surface area contributed by atoms with E-state index in [2.05, 4.69) is 0 Å². The minimum atomic E-state index is -0.276. The predicted octanol–water partition coefficient (Wildman–Crippen LogP) is 3.02. The van der Waals surface area contributed by atoms with Crippen molar-refractivity contribution in [2.24, 2.45) is 0 Å². The Labute approximate surface area is 139 Å². The molecule has 0 aliphatic heterocycles. The van der Waals surface area contributed by atoms with Crippen LogP contribution >= 0.6 is 0 Å². The zero-order chi connectivity index (χ0) is 17.7. The van der Waals surface area contributed by atoms with Gasteiger partial charge in [-0.3, -0.25) is 4.79 Å². The summed E-state index contributed by atoms with van der Waals surface area (Å²) in [5.41, 5.74) is 0.940. The Balaban J connectivity index is 2.32. The van der Waals surface area contributed by atoms with Crippen molar-refractivity contribution in [3.05, 3.63) is 47.5 Å². The Hall–Kier alpha value is -3.15. The van der Waals surface area contributed by atoms with E-state index in [1.54, 1.807) is 18.2 Å². The molecule has 0 bridgehead atoms. The third-order valence-electron chi connectivity index (χ3n) is 3.38. The van der Waals surface area contributed by atoms with Gasteiger partial charge < -0.3 is 24.4 Å². The molecule has 0 aliphatic rings. The average Bonchev–Trinajstić information content (AvgIpc) is 2.60. The number of ether oxygens (including phenoxy) is 3. The third kappa shape index (κ3) is 3.60. The monoisotopic (exact) mass is 330 g/mol. The van der Waals surface area contributed by atoms with Crippen LogP contribution in [0.5, 0.6) is 28.7 Å². The molecule has 6 nitrogen and oxygen atoms in total. The molecule has 0 aromatic heterocycles. The first-order valence-electron chi connectivity index (χ1n) is 7.04. The quantitative estimate of drug-likeness (QED) is 0.481. The van der Waals surface area contributed by atoms with Gasteiger partial charge in [-0.15, -0.1) is 0 Å². The third-order valence-corrected chi connectivity index (χ3v) is 3.38. The summed E-state index contributed by atoms with van der Waals surface area (Å²) in [5, 5.41) is 18.7. The van der Waals surface area contributed by atoms with Gasteiger partial charge in [0.25, 0.3) is 0 Å². The van der Waals surface area contributed by atoms with E-state index in [9.17, 15) is 15.0 Å². The number of allylic oxidation sites excluding steroid dienone is 1. The van der Waals surface area contributed by atoms with Crippen LogP contribution in [0, 0.1) is 0 Å². The van der Waals surface area contributed by atoms with Gasteiger partial charge in [-0.2, -0.15) is 0 Å². The van der Waals surface area contributed by atoms with Crippen LogP contribution in [0.3, 0.4) is 0 Å². The molecule has 0 saturated heterocycles. The molecule has 2 aromatic rings. The summed E-state index contributed by atoms with van der Waals surface area (Å²) in [7, 11) is 4.43. The molecular formula is C18H18O6. The number of phenolic OH excluding ortho intramolecular Hbond substituents is 2. The van der Waals surface area contributed by atoms with Gasteiger partial charge in [0.05, 0.1) is 21.3 Å². The molecule has 24 heavy (non-hydrogen) atoms. The first kappa shape index (κ1) is 17.2. The van der Waals surface area contributed by atoms with Gasteiger partial charge in [-0.1, -0.05) is 12.1 Å². The molecule has 0 unspecified atom stereocenters. The fraction of sp³-hybridized carbons (Fsp3) is 0.167. The van der Waals surface area contributed by atoms with E-state index in [4.69, 9.17) is 14.2 Å². The molecule has 2 N–H and O–H groups in total. The highest BCUT2D eigenvalue weighted by Crippen LogP contribution is 2.38. The highest BCUT2D eigenvalue weighted by atomic mass is 16.5. The molecule has 0 heterocycles. The second-order valence-corrected chi connectivity index (χ2v) is 4.86. The van der Waals surface area contributed by atoms with Gasteiger partial charge in [0.1, 0.15) is 0 Å². The van der Waals surface area contributed by atoms with Crippen LogP contribution in [0.15, 0.2) is 36.4 Å². The Kier molecular flexibility index (Phi) is 5.31. The highest BCUT2D eigenvalue weighted by Gasteiger charge is 2.15. The number of hydrogen-bond donors (Lipinski definition) is 2. The molecular weight excluding hydrogens is 312 g/mol. The summed E-state index contributed by atoms with van der Waals surface area (Å²) < 4.78 is 15.7. The van der Waals surface area contributed by atoms with Crippen LogP contribution in [0.2, 0.25) is 0 Å². The van der Waals surface area contributed by atoms with Crippen molar-refractivity contribution >= 4 is 11.9 Å². The van der Waals surface area contributed by atoms with E-state index in [1.165, 1.54) is 45.6 Å². The molecule has 0 amide bonds. The van der Waals surface area contributed by atoms with E-state index >= 15 is 0 Å². The van der Waals surface area contributed by atoms with Crippen LogP contribution < -0.4 is 14.2 Å². The fourth-order valence-corrected chi connectivity index (χ4v) is 2.14. The Bertz CT molecular complexity index is 754. The van der Waals surface area contributed by atoms with E-state index in [0.29, 0.717) is 28.4 Å². The smallest absolute Gasteiger partial charge is 0.203 e. The summed E-state index contributed by atoms with van der Waals surface area (Å²) in [5.74, 6) is 0.429. The molecule has 0 spiro atoms. The molecule has 126 valence electrons. The molecule has 2 rings (SSSR count). The van der Waals surface area contributed by atoms with Crippen LogP contribution in [0.25, 0.3) is 6.08 Å². The van der Waals surface area contributed by atoms with E-state index in [0.717, 1.165) is 0 Å². The van der Waals surface area contributed by atoms with Gasteiger partial charge in [0.2, 0.25) is 5.75 Å². The first-order valence-corrected chi connectivity index (χ1v) is 7.04. The zero-order valence-electron chi connectivity index (χ0n) is 13.6. The number of rotatable bonds is 6. The van der Waals surface area contributed by atoms with Crippen molar-refractivity contribution in [3.8, 4) is 28.7 Å². The SMILES string of the molecule is COc1cc(C(=O)C=Cc2ccc(O)c(O)c2)cc(OC)c1OC. The Morgan fingerprint density at radius 2 is 1.54 bits per heavy atom. The van der Waals surface area contributed by atoms with Crippen molar-refractivity contribution < 1.29 is 29.2 Å². The number of methoxy groups -OCH3 is 3. The predicted molar refractivity (Wildman–Crippen MR) is 89.2 cm³/mol. The van der Waals surface area contributed by atoms with Crippen molar-refractivity contribution in [3.63, 3.8) is 0 Å². The topological polar surface area (TPSA) is 85.2 Å². The van der Waals surface area contributed by atoms with Crippen molar-refractivity contribution in [2.45, 2.75) is 0 Å². The Morgan fingerprint density at radius 3 is 2.04 bits per heavy atom. The van der Waals surface area contributed by atoms with Crippen LogP contribution in [-0.4, -0.2) is 37.3 Å². The maximum atomic E-state index is 12.4. The molecule has 6 heteroatoms. The van der Waals surface area contributed by atoms with E-state index < -0.39 is 0 Å². The summed E-state index contributed by atoms with van der Waals surface area (Å²) in [4.78, 5) is 12.4. The largest absolute Gasteiger partial charge is 0.504 e. The molecule has 0 radical (unpaired) electrons. The first-order chi connectivity index (χ1) is 11.5. The van der Waals surface area contributed by atoms with Crippen molar-refractivity contribution in [1.82, 2.24) is 0 Å². The lowest BCUT2D eigenvalue weighted by Gasteiger charge is -2.13. The summed E-state index contributed by atoms with van der Waals surface area (Å²) >= 11 is 0. The van der Waals surface area contributed by atoms with Gasteiger partial charge in [0, 0.05) is 5.56 Å². The molecule has 2 aromatic carbocycles. The van der Waals surface area contributed by atoms with Gasteiger partial charge in [-0.25, -0.2) is 0 Å². The highest BCUT2D eigenvalue weighted by molar-refractivity contribution is 6.07. The molecule has 0 atom stereocenters. The average molecular weight is 330 g/mol. The second kappa shape index (κ2) is 7.41. The second-order valence-electron chi connectivity index (χ2n) is 4.86. The maximum Gasteiger partial charge on any atom is 0.203 e. The summed E-state index contributed by atoms with van der Waals surface area (Å²) in [6.07, 6.45) is 2.89. The Morgan fingerprint density at radius 1 is 0.917 bits per heavy atom. The van der Waals surface area contributed by atoms with Crippen LogP contribution in [0.4, 0.5) is 0 Å². The lowest BCUT2D eigenvalue weighted by atomic mass is 10.1. The van der Waals surface area contributed by atoms with Gasteiger partial charge in [0.15, 0.2) is 28.8 Å². The zero-order valence-corrected chi connectivity index (χ0v) is 13.6. The number of carbonyl (C=O) groups is 1. The number of phenols is 2. The number of hydrogen-bond acceptors (Lipinski definition) is 6. The number of carbonyl (C=O) groups excluding carboxylic acids is 1. The molecule has 0 fully saturated rings. The van der Waals surface area contributed by atoms with Crippen molar-refractivity contribution in [1.29, 1.82) is 0 Å². The molecule has 0 saturated carbocycles. The normalized spacial score (nSPS) is 10.6. The lowest BCUT2D eigenvalue weighted by Crippen LogP contribution is -2.00. The molecule has 0 aliphatic carbocycles. The number of ketones is 1. The number of benzene rings is 2. The van der Waals surface area contributed by atoms with Crippen LogP contribution in [-0.2, 0) is 0 Å². The lowest BCUT2D eigenvalue weighted by molar-refractivity contribution is 0.104. The van der Waals surface area contributed by atoms with Gasteiger partial charge in [-0.05, 0) is 35.9 Å². The minimum absolute atomic E-state index is 0.219. The van der Waals surface area contributed by atoms with Crippen LogP contribution in [0.1, 0.15) is 15.9 Å². The van der Waals surface area contributed by atoms with Crippen molar-refractivity contribution in [2.75, 3.05) is 21.3 Å². The fourth-order valence-electron chi connectivity index (χ4n) is 2.14. The summed E-state index contributed by atoms with van der Waals surface area (Å²) in [6, 6.07) is 7.39. The maximum absolute atomic E-state index is 12.4. The summed E-state index contributed by atoms with van der Waals surface area (Å²) in [6.45, 7) is 0. The van der Waals surface area contributed by atoms with Gasteiger partial charge >= 0.3 is 0 Å².